The van der Waals surface area contributed by atoms with E-state index in [9.17, 15) is 0 Å². The van der Waals surface area contributed by atoms with Gasteiger partial charge in [0, 0.05) is 54.5 Å². The Balaban J connectivity index is 1.62. The fourth-order valence-corrected chi connectivity index (χ4v) is 4.17. The third-order valence-electron chi connectivity index (χ3n) is 5.67. The monoisotopic (exact) mass is 347 g/mol. The minimum atomic E-state index is 1.04. The maximum atomic E-state index is 4.45. The first-order chi connectivity index (χ1) is 12.8. The lowest BCUT2D eigenvalue weighted by molar-refractivity contribution is 0.248. The number of aromatic nitrogens is 2. The van der Waals surface area contributed by atoms with E-state index < -0.39 is 0 Å². The molecule has 1 aromatic carbocycles. The fraction of sp³-hybridized carbons (Fsp3) is 0.435. The number of pyridine rings is 1. The zero-order valence-corrected chi connectivity index (χ0v) is 16.0. The number of hydrogen-bond acceptors (Lipinski definition) is 2. The van der Waals surface area contributed by atoms with Crippen molar-refractivity contribution in [3.05, 3.63) is 65.1 Å². The van der Waals surface area contributed by atoms with Gasteiger partial charge in [-0.3, -0.25) is 9.88 Å². The fourth-order valence-electron chi connectivity index (χ4n) is 4.17. The average molecular weight is 348 g/mol. The molecule has 26 heavy (non-hydrogen) atoms. The molecule has 0 spiro atoms. The first-order valence-electron chi connectivity index (χ1n) is 9.99. The molecule has 1 aliphatic rings. The van der Waals surface area contributed by atoms with Crippen LogP contribution in [-0.2, 0) is 25.9 Å². The molecule has 3 aromatic rings. The van der Waals surface area contributed by atoms with Crippen LogP contribution in [0.3, 0.4) is 0 Å². The first kappa shape index (κ1) is 17.3. The van der Waals surface area contributed by atoms with Gasteiger partial charge in [0.25, 0.3) is 0 Å². The van der Waals surface area contributed by atoms with Gasteiger partial charge in [0.1, 0.15) is 0 Å². The van der Waals surface area contributed by atoms with Crippen molar-refractivity contribution < 1.29 is 0 Å². The molecule has 0 saturated heterocycles. The van der Waals surface area contributed by atoms with Crippen molar-refractivity contribution in [2.45, 2.75) is 52.6 Å². The van der Waals surface area contributed by atoms with Gasteiger partial charge in [-0.2, -0.15) is 0 Å². The number of hydrogen-bond donors (Lipinski definition) is 0. The highest BCUT2D eigenvalue weighted by Gasteiger charge is 2.23. The van der Waals surface area contributed by atoms with Crippen LogP contribution in [0.25, 0.3) is 10.9 Å². The molecule has 4 rings (SSSR count). The summed E-state index contributed by atoms with van der Waals surface area (Å²) in [6.45, 7) is 8.88. The molecule has 0 amide bonds. The molecule has 0 bridgehead atoms. The molecule has 3 heteroatoms. The van der Waals surface area contributed by atoms with E-state index in [-0.39, 0.29) is 0 Å². The Morgan fingerprint density at radius 1 is 1.08 bits per heavy atom. The van der Waals surface area contributed by atoms with Gasteiger partial charge < -0.3 is 4.57 Å². The highest BCUT2D eigenvalue weighted by Crippen LogP contribution is 2.31. The molecule has 0 aliphatic carbocycles. The van der Waals surface area contributed by atoms with Crippen LogP contribution >= 0.6 is 0 Å². The standard InChI is InChI=1S/C23H29N3/c1-3-4-13-25-14-12-23-21(17-25)20-7-5-6-8-22(20)26(23)15-11-19-10-9-18(2)24-16-19/h5-10,16H,3-4,11-15,17H2,1-2H3. The van der Waals surface area contributed by atoms with Crippen molar-refractivity contribution in [2.75, 3.05) is 13.1 Å². The zero-order chi connectivity index (χ0) is 17.9. The average Bonchev–Trinajstić information content (AvgIpc) is 2.99. The van der Waals surface area contributed by atoms with Crippen molar-refractivity contribution in [1.29, 1.82) is 0 Å². The second-order valence-corrected chi connectivity index (χ2v) is 7.53. The van der Waals surface area contributed by atoms with Crippen molar-refractivity contribution in [3.63, 3.8) is 0 Å². The minimum Gasteiger partial charge on any atom is -0.344 e. The Hall–Kier alpha value is -2.13. The smallest absolute Gasteiger partial charge is 0.0486 e. The van der Waals surface area contributed by atoms with Crippen LogP contribution in [0.5, 0.6) is 0 Å². The molecule has 0 atom stereocenters. The normalized spacial score (nSPS) is 14.7. The van der Waals surface area contributed by atoms with E-state index in [0.29, 0.717) is 0 Å². The van der Waals surface area contributed by atoms with Crippen LogP contribution < -0.4 is 0 Å². The highest BCUT2D eigenvalue weighted by molar-refractivity contribution is 5.85. The number of rotatable bonds is 6. The Morgan fingerprint density at radius 2 is 1.96 bits per heavy atom. The summed E-state index contributed by atoms with van der Waals surface area (Å²) < 4.78 is 2.57. The number of aryl methyl sites for hydroxylation is 3. The maximum absolute atomic E-state index is 4.45. The molecule has 2 aromatic heterocycles. The van der Waals surface area contributed by atoms with Crippen LogP contribution in [0.1, 0.15) is 42.3 Å². The Kier molecular flexibility index (Phi) is 5.07. The first-order valence-corrected chi connectivity index (χ1v) is 9.99. The Morgan fingerprint density at radius 3 is 2.77 bits per heavy atom. The van der Waals surface area contributed by atoms with Crippen LogP contribution in [0, 0.1) is 6.92 Å². The maximum Gasteiger partial charge on any atom is 0.0486 e. The summed E-state index contributed by atoms with van der Waals surface area (Å²) in [6.07, 6.45) is 6.81. The lowest BCUT2D eigenvalue weighted by Crippen LogP contribution is -2.32. The summed E-state index contributed by atoms with van der Waals surface area (Å²) in [5.74, 6) is 0. The molecule has 1 aliphatic heterocycles. The molecule has 136 valence electrons. The molecule has 0 radical (unpaired) electrons. The number of fused-ring (bicyclic) bond motifs is 3. The van der Waals surface area contributed by atoms with E-state index in [1.165, 1.54) is 48.8 Å². The van der Waals surface area contributed by atoms with E-state index in [2.05, 4.69) is 57.8 Å². The van der Waals surface area contributed by atoms with Crippen LogP contribution in [0.15, 0.2) is 42.6 Å². The third kappa shape index (κ3) is 3.41. The van der Waals surface area contributed by atoms with E-state index in [1.807, 2.05) is 13.1 Å². The van der Waals surface area contributed by atoms with Crippen molar-refractivity contribution in [3.8, 4) is 0 Å². The largest absolute Gasteiger partial charge is 0.344 e. The predicted octanol–water partition coefficient (Wildman–Crippen LogP) is 4.75. The molecule has 3 heterocycles. The van der Waals surface area contributed by atoms with Gasteiger partial charge in [0.15, 0.2) is 0 Å². The van der Waals surface area contributed by atoms with Crippen molar-refractivity contribution in [2.24, 2.45) is 0 Å². The predicted molar refractivity (Wildman–Crippen MR) is 109 cm³/mol. The van der Waals surface area contributed by atoms with E-state index in [4.69, 9.17) is 0 Å². The van der Waals surface area contributed by atoms with Gasteiger partial charge in [-0.1, -0.05) is 37.6 Å². The summed E-state index contributed by atoms with van der Waals surface area (Å²) in [7, 11) is 0. The van der Waals surface area contributed by atoms with Gasteiger partial charge in [-0.25, -0.2) is 0 Å². The minimum absolute atomic E-state index is 1.04. The van der Waals surface area contributed by atoms with E-state index >= 15 is 0 Å². The zero-order valence-electron chi connectivity index (χ0n) is 16.0. The van der Waals surface area contributed by atoms with Crippen molar-refractivity contribution in [1.82, 2.24) is 14.5 Å². The number of para-hydroxylation sites is 1. The summed E-state index contributed by atoms with van der Waals surface area (Å²) in [5.41, 5.74) is 6.92. The highest BCUT2D eigenvalue weighted by atomic mass is 15.1. The summed E-state index contributed by atoms with van der Waals surface area (Å²) in [5, 5.41) is 1.45. The van der Waals surface area contributed by atoms with E-state index in [0.717, 1.165) is 25.2 Å². The number of nitrogens with zero attached hydrogens (tertiary/aromatic N) is 3. The van der Waals surface area contributed by atoms with Crippen LogP contribution in [0.4, 0.5) is 0 Å². The molecule has 3 nitrogen and oxygen atoms in total. The molecular weight excluding hydrogens is 318 g/mol. The number of benzene rings is 1. The molecule has 0 fully saturated rings. The van der Waals surface area contributed by atoms with Crippen molar-refractivity contribution >= 4 is 10.9 Å². The Bertz CT molecular complexity index is 876. The van der Waals surface area contributed by atoms with Gasteiger partial charge >= 0.3 is 0 Å². The molecule has 0 unspecified atom stereocenters. The Labute approximate surface area is 156 Å². The lowest BCUT2D eigenvalue weighted by atomic mass is 10.0. The van der Waals surface area contributed by atoms with Gasteiger partial charge in [0.05, 0.1) is 0 Å². The molecular formula is C23H29N3. The second-order valence-electron chi connectivity index (χ2n) is 7.53. The summed E-state index contributed by atoms with van der Waals surface area (Å²) in [4.78, 5) is 7.08. The summed E-state index contributed by atoms with van der Waals surface area (Å²) >= 11 is 0. The molecule has 0 saturated carbocycles. The topological polar surface area (TPSA) is 21.1 Å². The molecule has 0 N–H and O–H groups in total. The SMILES string of the molecule is CCCCN1CCc2c(c3ccccc3n2CCc2ccc(C)nc2)C1. The van der Waals surface area contributed by atoms with Gasteiger partial charge in [-0.05, 0) is 49.6 Å². The quantitative estimate of drug-likeness (QED) is 0.642. The summed E-state index contributed by atoms with van der Waals surface area (Å²) in [6, 6.07) is 13.3. The second kappa shape index (κ2) is 7.63. The van der Waals surface area contributed by atoms with Crippen LogP contribution in [0.2, 0.25) is 0 Å². The van der Waals surface area contributed by atoms with Gasteiger partial charge in [0.2, 0.25) is 0 Å². The van der Waals surface area contributed by atoms with Crippen LogP contribution in [-0.4, -0.2) is 27.5 Å². The van der Waals surface area contributed by atoms with E-state index in [1.54, 1.807) is 11.3 Å². The lowest BCUT2D eigenvalue weighted by Gasteiger charge is -2.28. The van der Waals surface area contributed by atoms with Gasteiger partial charge in [-0.15, -0.1) is 0 Å². The third-order valence-corrected chi connectivity index (χ3v) is 5.67. The number of unbranched alkanes of at least 4 members (excludes halogenated alkanes) is 1.